The molecular weight excluding hydrogens is 240 g/mol. The molecule has 0 amide bonds. The standard InChI is InChI=1S/C14H20N4O/c1-11-4-6-14(7-5-11)19-10-12(2)15-8-13-9-16-17-18(13)3/h4-7,9,12,15H,8,10H2,1-3H3. The van der Waals surface area contributed by atoms with E-state index in [1.165, 1.54) is 5.56 Å². The van der Waals surface area contributed by atoms with Crippen molar-refractivity contribution in [2.75, 3.05) is 6.61 Å². The van der Waals surface area contributed by atoms with E-state index < -0.39 is 0 Å². The summed E-state index contributed by atoms with van der Waals surface area (Å²) in [5, 5.41) is 11.1. The lowest BCUT2D eigenvalue weighted by Gasteiger charge is -2.15. The highest BCUT2D eigenvalue weighted by atomic mass is 16.5. The molecule has 102 valence electrons. The van der Waals surface area contributed by atoms with E-state index in [4.69, 9.17) is 4.74 Å². The van der Waals surface area contributed by atoms with Crippen molar-refractivity contribution in [3.05, 3.63) is 41.7 Å². The number of nitrogens with zero attached hydrogens (tertiary/aromatic N) is 3. The molecule has 1 N–H and O–H groups in total. The SMILES string of the molecule is Cc1ccc(OCC(C)NCc2cnnn2C)cc1. The molecule has 1 aromatic heterocycles. The lowest BCUT2D eigenvalue weighted by Crippen LogP contribution is -2.31. The zero-order chi connectivity index (χ0) is 13.7. The zero-order valence-corrected chi connectivity index (χ0v) is 11.6. The van der Waals surface area contributed by atoms with Crippen LogP contribution in [0, 0.1) is 6.92 Å². The van der Waals surface area contributed by atoms with Crippen LogP contribution in [0.4, 0.5) is 0 Å². The Morgan fingerprint density at radius 1 is 1.32 bits per heavy atom. The fourth-order valence-corrected chi connectivity index (χ4v) is 1.66. The number of aromatic nitrogens is 3. The number of rotatable bonds is 6. The molecular formula is C14H20N4O. The molecule has 1 heterocycles. The van der Waals surface area contributed by atoms with Crippen molar-refractivity contribution < 1.29 is 4.74 Å². The minimum atomic E-state index is 0.260. The molecule has 5 nitrogen and oxygen atoms in total. The topological polar surface area (TPSA) is 52.0 Å². The first-order chi connectivity index (χ1) is 9.15. The summed E-state index contributed by atoms with van der Waals surface area (Å²) < 4.78 is 7.49. The van der Waals surface area contributed by atoms with E-state index in [-0.39, 0.29) is 6.04 Å². The third-order valence-electron chi connectivity index (χ3n) is 2.96. The summed E-state index contributed by atoms with van der Waals surface area (Å²) in [6.45, 7) is 5.53. The third-order valence-corrected chi connectivity index (χ3v) is 2.96. The summed E-state index contributed by atoms with van der Waals surface area (Å²) in [4.78, 5) is 0. The Kier molecular flexibility index (Phi) is 4.52. The number of aryl methyl sites for hydroxylation is 2. The summed E-state index contributed by atoms with van der Waals surface area (Å²) in [6.07, 6.45) is 1.76. The zero-order valence-electron chi connectivity index (χ0n) is 11.6. The van der Waals surface area contributed by atoms with Crippen molar-refractivity contribution in [1.29, 1.82) is 0 Å². The Labute approximate surface area is 113 Å². The Balaban J connectivity index is 1.74. The van der Waals surface area contributed by atoms with Crippen LogP contribution in [-0.4, -0.2) is 27.6 Å². The van der Waals surface area contributed by atoms with Gasteiger partial charge in [-0.2, -0.15) is 0 Å². The number of ether oxygens (including phenoxy) is 1. The Bertz CT molecular complexity index is 506. The van der Waals surface area contributed by atoms with E-state index in [0.29, 0.717) is 6.61 Å². The predicted octanol–water partition coefficient (Wildman–Crippen LogP) is 1.68. The third kappa shape index (κ3) is 4.06. The molecule has 0 saturated heterocycles. The maximum Gasteiger partial charge on any atom is 0.119 e. The van der Waals surface area contributed by atoms with Crippen LogP contribution in [0.2, 0.25) is 0 Å². The number of nitrogens with one attached hydrogen (secondary N) is 1. The molecule has 1 unspecified atom stereocenters. The average molecular weight is 260 g/mol. The molecule has 2 aromatic rings. The van der Waals surface area contributed by atoms with Crippen molar-refractivity contribution in [3.63, 3.8) is 0 Å². The normalized spacial score (nSPS) is 12.4. The van der Waals surface area contributed by atoms with Gasteiger partial charge in [-0.3, -0.25) is 4.68 Å². The Morgan fingerprint density at radius 3 is 2.68 bits per heavy atom. The number of benzene rings is 1. The Hall–Kier alpha value is -1.88. The van der Waals surface area contributed by atoms with E-state index in [0.717, 1.165) is 18.0 Å². The van der Waals surface area contributed by atoms with Crippen molar-refractivity contribution >= 4 is 0 Å². The van der Waals surface area contributed by atoms with Gasteiger partial charge in [0.05, 0.1) is 11.9 Å². The first-order valence-corrected chi connectivity index (χ1v) is 6.41. The smallest absolute Gasteiger partial charge is 0.119 e. The van der Waals surface area contributed by atoms with E-state index in [1.54, 1.807) is 10.9 Å². The van der Waals surface area contributed by atoms with Gasteiger partial charge >= 0.3 is 0 Å². The fourth-order valence-electron chi connectivity index (χ4n) is 1.66. The maximum atomic E-state index is 5.72. The van der Waals surface area contributed by atoms with Gasteiger partial charge in [-0.05, 0) is 26.0 Å². The summed E-state index contributed by atoms with van der Waals surface area (Å²) in [6, 6.07) is 8.35. The van der Waals surface area contributed by atoms with Crippen LogP contribution in [-0.2, 0) is 13.6 Å². The van der Waals surface area contributed by atoms with Crippen molar-refractivity contribution in [1.82, 2.24) is 20.3 Å². The highest BCUT2D eigenvalue weighted by molar-refractivity contribution is 5.26. The van der Waals surface area contributed by atoms with Crippen molar-refractivity contribution in [2.45, 2.75) is 26.4 Å². The summed E-state index contributed by atoms with van der Waals surface area (Å²) in [5.74, 6) is 0.904. The van der Waals surface area contributed by atoms with Crippen LogP contribution in [0.25, 0.3) is 0 Å². The molecule has 0 fully saturated rings. The molecule has 19 heavy (non-hydrogen) atoms. The van der Waals surface area contributed by atoms with Crippen molar-refractivity contribution in [2.24, 2.45) is 7.05 Å². The van der Waals surface area contributed by atoms with E-state index in [2.05, 4.69) is 41.6 Å². The van der Waals surface area contributed by atoms with Gasteiger partial charge in [-0.25, -0.2) is 0 Å². The molecule has 0 spiro atoms. The summed E-state index contributed by atoms with van der Waals surface area (Å²) in [5.41, 5.74) is 2.30. The van der Waals surface area contributed by atoms with Crippen LogP contribution in [0.5, 0.6) is 5.75 Å². The lowest BCUT2D eigenvalue weighted by molar-refractivity contribution is 0.271. The van der Waals surface area contributed by atoms with Gasteiger partial charge in [-0.1, -0.05) is 22.9 Å². The van der Waals surface area contributed by atoms with Gasteiger partial charge in [0, 0.05) is 19.6 Å². The molecule has 1 aromatic carbocycles. The van der Waals surface area contributed by atoms with Crippen LogP contribution >= 0.6 is 0 Å². The second kappa shape index (κ2) is 6.33. The minimum Gasteiger partial charge on any atom is -0.492 e. The molecule has 0 bridgehead atoms. The van der Waals surface area contributed by atoms with Crippen LogP contribution < -0.4 is 10.1 Å². The van der Waals surface area contributed by atoms with Crippen LogP contribution in [0.3, 0.4) is 0 Å². The lowest BCUT2D eigenvalue weighted by atomic mass is 10.2. The molecule has 5 heteroatoms. The second-order valence-corrected chi connectivity index (χ2v) is 4.75. The molecule has 0 radical (unpaired) electrons. The first kappa shape index (κ1) is 13.5. The highest BCUT2D eigenvalue weighted by Gasteiger charge is 2.05. The van der Waals surface area contributed by atoms with Gasteiger partial charge in [0.25, 0.3) is 0 Å². The molecule has 0 aliphatic carbocycles. The number of hydrogen-bond donors (Lipinski definition) is 1. The molecule has 0 aliphatic rings. The van der Waals surface area contributed by atoms with Crippen LogP contribution in [0.15, 0.2) is 30.5 Å². The van der Waals surface area contributed by atoms with Gasteiger partial charge in [0.15, 0.2) is 0 Å². The predicted molar refractivity (Wildman–Crippen MR) is 74.0 cm³/mol. The number of hydrogen-bond acceptors (Lipinski definition) is 4. The summed E-state index contributed by atoms with van der Waals surface area (Å²) >= 11 is 0. The van der Waals surface area contributed by atoms with Gasteiger partial charge in [0.2, 0.25) is 0 Å². The quantitative estimate of drug-likeness (QED) is 0.858. The highest BCUT2D eigenvalue weighted by Crippen LogP contribution is 2.11. The van der Waals surface area contributed by atoms with Gasteiger partial charge in [-0.15, -0.1) is 5.10 Å². The average Bonchev–Trinajstić information content (AvgIpc) is 2.81. The molecule has 2 rings (SSSR count). The van der Waals surface area contributed by atoms with E-state index in [1.807, 2.05) is 19.2 Å². The summed E-state index contributed by atoms with van der Waals surface area (Å²) in [7, 11) is 1.89. The monoisotopic (exact) mass is 260 g/mol. The molecule has 0 aliphatic heterocycles. The molecule has 0 saturated carbocycles. The second-order valence-electron chi connectivity index (χ2n) is 4.75. The first-order valence-electron chi connectivity index (χ1n) is 6.41. The van der Waals surface area contributed by atoms with E-state index >= 15 is 0 Å². The van der Waals surface area contributed by atoms with Gasteiger partial charge in [0.1, 0.15) is 12.4 Å². The van der Waals surface area contributed by atoms with Crippen LogP contribution in [0.1, 0.15) is 18.2 Å². The maximum absolute atomic E-state index is 5.72. The Morgan fingerprint density at radius 2 is 2.05 bits per heavy atom. The van der Waals surface area contributed by atoms with E-state index in [9.17, 15) is 0 Å². The molecule has 1 atom stereocenters. The van der Waals surface area contributed by atoms with Crippen molar-refractivity contribution in [3.8, 4) is 5.75 Å². The van der Waals surface area contributed by atoms with Gasteiger partial charge < -0.3 is 10.1 Å². The fraction of sp³-hybridized carbons (Fsp3) is 0.429. The minimum absolute atomic E-state index is 0.260. The largest absolute Gasteiger partial charge is 0.492 e.